The van der Waals surface area contributed by atoms with E-state index in [0.717, 1.165) is 33.4 Å². The van der Waals surface area contributed by atoms with Gasteiger partial charge >= 0.3 is 0 Å². The predicted molar refractivity (Wildman–Crippen MR) is 113 cm³/mol. The van der Waals surface area contributed by atoms with Crippen molar-refractivity contribution in [1.82, 2.24) is 0 Å². The number of phenols is 1. The van der Waals surface area contributed by atoms with E-state index in [9.17, 15) is 5.11 Å². The smallest absolute Gasteiger partial charge is 0.116 e. The van der Waals surface area contributed by atoms with E-state index in [1.165, 1.54) is 0 Å². The summed E-state index contributed by atoms with van der Waals surface area (Å²) in [5.74, 6) is 0.236. The van der Waals surface area contributed by atoms with Gasteiger partial charge < -0.3 is 16.6 Å². The number of nitrogen functional groups attached to an aromatic ring is 2. The first-order chi connectivity index (χ1) is 13.1. The molecule has 4 aromatic rings. The van der Waals surface area contributed by atoms with Crippen LogP contribution in [-0.4, -0.2) is 5.11 Å². The Morgan fingerprint density at radius 2 is 1.00 bits per heavy atom. The molecule has 0 aromatic heterocycles. The lowest BCUT2D eigenvalue weighted by atomic mass is 9.87. The molecule has 4 aromatic carbocycles. The van der Waals surface area contributed by atoms with Crippen LogP contribution in [0.5, 0.6) is 5.75 Å². The number of phenolic OH excluding ortho intramolecular Hbond substituents is 1. The van der Waals surface area contributed by atoms with E-state index >= 15 is 0 Å². The molecular formula is C24H20N2O. The summed E-state index contributed by atoms with van der Waals surface area (Å²) in [4.78, 5) is 0. The van der Waals surface area contributed by atoms with Crippen LogP contribution in [0.4, 0.5) is 11.4 Å². The van der Waals surface area contributed by atoms with Crippen LogP contribution in [-0.2, 0) is 0 Å². The van der Waals surface area contributed by atoms with Gasteiger partial charge in [-0.1, -0.05) is 54.6 Å². The second-order valence-corrected chi connectivity index (χ2v) is 6.53. The van der Waals surface area contributed by atoms with Gasteiger partial charge in [-0.25, -0.2) is 0 Å². The van der Waals surface area contributed by atoms with E-state index in [1.54, 1.807) is 12.1 Å². The van der Waals surface area contributed by atoms with Gasteiger partial charge in [0.1, 0.15) is 5.75 Å². The molecule has 0 amide bonds. The molecule has 0 heterocycles. The number of hydrogen-bond donors (Lipinski definition) is 3. The van der Waals surface area contributed by atoms with Crippen molar-refractivity contribution in [2.45, 2.75) is 0 Å². The minimum absolute atomic E-state index is 0.236. The van der Waals surface area contributed by atoms with Gasteiger partial charge in [0.05, 0.1) is 0 Å². The van der Waals surface area contributed by atoms with Crippen molar-refractivity contribution in [1.29, 1.82) is 0 Å². The van der Waals surface area contributed by atoms with Crippen LogP contribution in [0.15, 0.2) is 91.0 Å². The van der Waals surface area contributed by atoms with E-state index in [2.05, 4.69) is 12.1 Å². The van der Waals surface area contributed by atoms with Crippen molar-refractivity contribution in [3.63, 3.8) is 0 Å². The Balaban J connectivity index is 2.04. The molecule has 3 heteroatoms. The van der Waals surface area contributed by atoms with Gasteiger partial charge in [-0.3, -0.25) is 0 Å². The van der Waals surface area contributed by atoms with Gasteiger partial charge in [0.2, 0.25) is 0 Å². The minimum Gasteiger partial charge on any atom is -0.508 e. The summed E-state index contributed by atoms with van der Waals surface area (Å²) >= 11 is 0. The van der Waals surface area contributed by atoms with Crippen molar-refractivity contribution in [3.8, 4) is 39.1 Å². The Morgan fingerprint density at radius 3 is 1.59 bits per heavy atom. The fourth-order valence-corrected chi connectivity index (χ4v) is 3.42. The fraction of sp³-hybridized carbons (Fsp3) is 0. The molecule has 0 saturated heterocycles. The number of aromatic hydroxyl groups is 1. The summed E-state index contributed by atoms with van der Waals surface area (Å²) in [5, 5.41) is 9.97. The predicted octanol–water partition coefficient (Wildman–Crippen LogP) is 5.56. The number of benzene rings is 4. The molecule has 3 nitrogen and oxygen atoms in total. The molecule has 0 aliphatic rings. The van der Waals surface area contributed by atoms with E-state index in [0.29, 0.717) is 11.4 Å². The average molecular weight is 352 g/mol. The normalized spacial score (nSPS) is 10.7. The first-order valence-electron chi connectivity index (χ1n) is 8.76. The van der Waals surface area contributed by atoms with Crippen molar-refractivity contribution < 1.29 is 5.11 Å². The highest BCUT2D eigenvalue weighted by molar-refractivity contribution is 5.95. The van der Waals surface area contributed by atoms with Gasteiger partial charge in [0.25, 0.3) is 0 Å². The Kier molecular flexibility index (Phi) is 4.27. The number of nitrogens with two attached hydrogens (primary N) is 2. The first kappa shape index (κ1) is 16.7. The lowest BCUT2D eigenvalue weighted by Crippen LogP contribution is -1.93. The lowest BCUT2D eigenvalue weighted by molar-refractivity contribution is 0.475. The first-order valence-corrected chi connectivity index (χ1v) is 8.76. The Hall–Kier alpha value is -3.72. The molecule has 5 N–H and O–H groups in total. The van der Waals surface area contributed by atoms with Crippen LogP contribution in [0.3, 0.4) is 0 Å². The van der Waals surface area contributed by atoms with E-state index in [-0.39, 0.29) is 5.75 Å². The third-order valence-corrected chi connectivity index (χ3v) is 4.59. The highest BCUT2D eigenvalue weighted by Gasteiger charge is 2.14. The molecule has 0 aliphatic carbocycles. The van der Waals surface area contributed by atoms with Crippen LogP contribution in [0, 0.1) is 0 Å². The highest BCUT2D eigenvalue weighted by atomic mass is 16.3. The second-order valence-electron chi connectivity index (χ2n) is 6.53. The molecule has 0 unspecified atom stereocenters. The van der Waals surface area contributed by atoms with E-state index < -0.39 is 0 Å². The van der Waals surface area contributed by atoms with Gasteiger partial charge in [-0.05, 0) is 69.8 Å². The standard InChI is InChI=1S/C24H20N2O/c25-19-8-1-5-16(13-19)22-11-4-12-23(17-6-3-10-21(27)15-17)24(22)18-7-2-9-20(26)14-18/h1-15,27H,25-26H2. The lowest BCUT2D eigenvalue weighted by Gasteiger charge is -2.17. The minimum atomic E-state index is 0.236. The maximum absolute atomic E-state index is 9.97. The summed E-state index contributed by atoms with van der Waals surface area (Å²) in [7, 11) is 0. The largest absolute Gasteiger partial charge is 0.508 e. The molecule has 0 bridgehead atoms. The summed E-state index contributed by atoms with van der Waals surface area (Å²) in [6.45, 7) is 0. The Labute approximate surface area is 158 Å². The van der Waals surface area contributed by atoms with Crippen molar-refractivity contribution >= 4 is 11.4 Å². The summed E-state index contributed by atoms with van der Waals surface area (Å²) < 4.78 is 0. The zero-order valence-corrected chi connectivity index (χ0v) is 14.8. The SMILES string of the molecule is Nc1cccc(-c2cccc(-c3cccc(O)c3)c2-c2cccc(N)c2)c1. The van der Waals surface area contributed by atoms with E-state index in [4.69, 9.17) is 11.5 Å². The highest BCUT2D eigenvalue weighted by Crippen LogP contribution is 2.41. The number of anilines is 2. The molecule has 27 heavy (non-hydrogen) atoms. The maximum atomic E-state index is 9.97. The third kappa shape index (κ3) is 3.35. The van der Waals surface area contributed by atoms with Crippen LogP contribution < -0.4 is 11.5 Å². The zero-order valence-electron chi connectivity index (χ0n) is 14.8. The molecule has 0 radical (unpaired) electrons. The molecule has 0 spiro atoms. The molecular weight excluding hydrogens is 332 g/mol. The quantitative estimate of drug-likeness (QED) is 0.423. The Bertz CT molecular complexity index is 1050. The Morgan fingerprint density at radius 1 is 0.519 bits per heavy atom. The van der Waals surface area contributed by atoms with Crippen LogP contribution in [0.2, 0.25) is 0 Å². The molecule has 132 valence electrons. The molecule has 0 saturated carbocycles. The van der Waals surface area contributed by atoms with Crippen molar-refractivity contribution in [2.75, 3.05) is 11.5 Å². The monoisotopic (exact) mass is 352 g/mol. The van der Waals surface area contributed by atoms with Crippen LogP contribution in [0.1, 0.15) is 0 Å². The number of hydrogen-bond acceptors (Lipinski definition) is 3. The summed E-state index contributed by atoms with van der Waals surface area (Å²) in [5.41, 5.74) is 19.7. The van der Waals surface area contributed by atoms with Crippen LogP contribution >= 0.6 is 0 Å². The third-order valence-electron chi connectivity index (χ3n) is 4.59. The molecule has 0 atom stereocenters. The zero-order chi connectivity index (χ0) is 18.8. The van der Waals surface area contributed by atoms with E-state index in [1.807, 2.05) is 66.7 Å². The summed E-state index contributed by atoms with van der Waals surface area (Å²) in [6.07, 6.45) is 0. The maximum Gasteiger partial charge on any atom is 0.116 e. The molecule has 0 fully saturated rings. The second kappa shape index (κ2) is 6.89. The average Bonchev–Trinajstić information content (AvgIpc) is 2.67. The van der Waals surface area contributed by atoms with Gasteiger partial charge in [0, 0.05) is 11.4 Å². The molecule has 4 rings (SSSR count). The van der Waals surface area contributed by atoms with Crippen LogP contribution in [0.25, 0.3) is 33.4 Å². The van der Waals surface area contributed by atoms with Crippen molar-refractivity contribution in [3.05, 3.63) is 91.0 Å². The number of rotatable bonds is 3. The summed E-state index contributed by atoms with van der Waals surface area (Å²) in [6, 6.07) is 29.1. The fourth-order valence-electron chi connectivity index (χ4n) is 3.42. The van der Waals surface area contributed by atoms with Gasteiger partial charge in [-0.15, -0.1) is 0 Å². The topological polar surface area (TPSA) is 72.3 Å². The van der Waals surface area contributed by atoms with Gasteiger partial charge in [-0.2, -0.15) is 0 Å². The van der Waals surface area contributed by atoms with Crippen molar-refractivity contribution in [2.24, 2.45) is 0 Å². The molecule has 0 aliphatic heterocycles. The van der Waals surface area contributed by atoms with Gasteiger partial charge in [0.15, 0.2) is 0 Å².